The first-order valence-corrected chi connectivity index (χ1v) is 7.11. The van der Waals surface area contributed by atoms with Crippen LogP contribution in [-0.4, -0.2) is 41.1 Å². The number of halogens is 1. The van der Waals surface area contributed by atoms with Crippen LogP contribution in [0, 0.1) is 0 Å². The lowest BCUT2D eigenvalue weighted by Gasteiger charge is -2.28. The molecule has 110 valence electrons. The van der Waals surface area contributed by atoms with Crippen molar-refractivity contribution in [3.05, 3.63) is 51.7 Å². The van der Waals surface area contributed by atoms with Gasteiger partial charge < -0.3 is 9.64 Å². The van der Waals surface area contributed by atoms with Crippen molar-refractivity contribution in [1.29, 1.82) is 0 Å². The second-order valence-corrected chi connectivity index (χ2v) is 5.12. The molecule has 0 N–H and O–H groups in total. The summed E-state index contributed by atoms with van der Waals surface area (Å²) in [6, 6.07) is 5.22. The van der Waals surface area contributed by atoms with E-state index in [1.807, 2.05) is 6.07 Å². The summed E-state index contributed by atoms with van der Waals surface area (Å²) in [4.78, 5) is 18.3. The zero-order valence-electron chi connectivity index (χ0n) is 11.4. The van der Waals surface area contributed by atoms with Crippen LogP contribution in [0.5, 0.6) is 0 Å². The summed E-state index contributed by atoms with van der Waals surface area (Å²) in [5, 5.41) is 4.62. The van der Waals surface area contributed by atoms with Gasteiger partial charge in [-0.15, -0.1) is 0 Å². The second-order valence-electron chi connectivity index (χ2n) is 4.76. The normalized spacial score (nSPS) is 15.2. The summed E-state index contributed by atoms with van der Waals surface area (Å²) < 4.78 is 6.68. The number of anilines is 1. The van der Waals surface area contributed by atoms with Gasteiger partial charge in [-0.25, -0.2) is 9.67 Å². The summed E-state index contributed by atoms with van der Waals surface area (Å²) >= 11 is 6.00. The van der Waals surface area contributed by atoms with Crippen molar-refractivity contribution in [2.24, 2.45) is 0 Å². The smallest absolute Gasteiger partial charge is 0.269 e. The summed E-state index contributed by atoms with van der Waals surface area (Å²) in [5.74, 6) is 0. The maximum absolute atomic E-state index is 12.2. The van der Waals surface area contributed by atoms with Gasteiger partial charge in [0.2, 0.25) is 0 Å². The van der Waals surface area contributed by atoms with Crippen molar-refractivity contribution < 1.29 is 4.74 Å². The highest BCUT2D eigenvalue weighted by molar-refractivity contribution is 6.30. The van der Waals surface area contributed by atoms with Crippen LogP contribution in [0.15, 0.2) is 35.4 Å². The van der Waals surface area contributed by atoms with Gasteiger partial charge in [-0.1, -0.05) is 17.7 Å². The fourth-order valence-corrected chi connectivity index (χ4v) is 2.41. The molecule has 2 aromatic rings. The maximum atomic E-state index is 12.2. The summed E-state index contributed by atoms with van der Waals surface area (Å²) in [6.07, 6.45) is 3.32. The molecule has 7 heteroatoms. The lowest BCUT2D eigenvalue weighted by Crippen LogP contribution is -2.37. The molecule has 1 fully saturated rings. The van der Waals surface area contributed by atoms with Crippen molar-refractivity contribution in [1.82, 2.24) is 14.8 Å². The third kappa shape index (κ3) is 3.22. The molecular formula is C14H15ClN4O2. The van der Waals surface area contributed by atoms with Crippen molar-refractivity contribution in [3.63, 3.8) is 0 Å². The molecule has 1 saturated heterocycles. The largest absolute Gasteiger partial charge is 0.378 e. The highest BCUT2D eigenvalue weighted by Gasteiger charge is 2.13. The quantitative estimate of drug-likeness (QED) is 0.797. The summed E-state index contributed by atoms with van der Waals surface area (Å²) in [6.45, 7) is 3.22. The minimum atomic E-state index is -0.154. The Morgan fingerprint density at radius 2 is 2.14 bits per heavy atom. The molecule has 1 aliphatic rings. The molecule has 3 heterocycles. The minimum Gasteiger partial charge on any atom is -0.378 e. The van der Waals surface area contributed by atoms with Crippen LogP contribution in [0.3, 0.4) is 0 Å². The monoisotopic (exact) mass is 306 g/mol. The molecule has 3 rings (SSSR count). The van der Waals surface area contributed by atoms with Crippen LogP contribution in [-0.2, 0) is 11.3 Å². The maximum Gasteiger partial charge on any atom is 0.269 e. The SMILES string of the molecule is O=c1cc(N2CCOCC2)cnn1Cc1cccnc1Cl. The lowest BCUT2D eigenvalue weighted by molar-refractivity contribution is 0.122. The number of aromatic nitrogens is 3. The van der Waals surface area contributed by atoms with E-state index in [-0.39, 0.29) is 5.56 Å². The van der Waals surface area contributed by atoms with Crippen molar-refractivity contribution in [3.8, 4) is 0 Å². The number of morpholine rings is 1. The molecule has 0 spiro atoms. The molecule has 0 amide bonds. The molecule has 1 aliphatic heterocycles. The number of pyridine rings is 1. The highest BCUT2D eigenvalue weighted by atomic mass is 35.5. The van der Waals surface area contributed by atoms with Gasteiger partial charge in [0, 0.05) is 30.9 Å². The van der Waals surface area contributed by atoms with Crippen molar-refractivity contribution in [2.75, 3.05) is 31.2 Å². The predicted molar refractivity (Wildman–Crippen MR) is 79.9 cm³/mol. The Labute approximate surface area is 126 Å². The number of ether oxygens (including phenoxy) is 1. The van der Waals surface area contributed by atoms with Crippen molar-refractivity contribution >= 4 is 17.3 Å². The first-order chi connectivity index (χ1) is 10.2. The number of hydrogen-bond acceptors (Lipinski definition) is 5. The Kier molecular flexibility index (Phi) is 4.17. The molecule has 21 heavy (non-hydrogen) atoms. The second kappa shape index (κ2) is 6.24. The molecule has 0 radical (unpaired) electrons. The van der Waals surface area contributed by atoms with E-state index >= 15 is 0 Å². The van der Waals surface area contributed by atoms with Gasteiger partial charge in [0.15, 0.2) is 0 Å². The molecule has 0 atom stereocenters. The Balaban J connectivity index is 1.81. The number of rotatable bonds is 3. The van der Waals surface area contributed by atoms with E-state index in [1.165, 1.54) is 4.68 Å². The first-order valence-electron chi connectivity index (χ1n) is 6.73. The van der Waals surface area contributed by atoms with E-state index in [4.69, 9.17) is 16.3 Å². The van der Waals surface area contributed by atoms with Gasteiger partial charge in [-0.2, -0.15) is 5.10 Å². The van der Waals surface area contributed by atoms with E-state index in [2.05, 4.69) is 15.0 Å². The molecule has 0 aromatic carbocycles. The van der Waals surface area contributed by atoms with Gasteiger partial charge in [0.05, 0.1) is 31.6 Å². The molecular weight excluding hydrogens is 292 g/mol. The fourth-order valence-electron chi connectivity index (χ4n) is 2.24. The average Bonchev–Trinajstić information content (AvgIpc) is 2.52. The topological polar surface area (TPSA) is 60.3 Å². The molecule has 2 aromatic heterocycles. The third-order valence-corrected chi connectivity index (χ3v) is 3.73. The standard InChI is InChI=1S/C14H15ClN4O2/c15-14-11(2-1-3-16-14)10-19-13(20)8-12(9-17-19)18-4-6-21-7-5-18/h1-3,8-9H,4-7,10H2. The average molecular weight is 307 g/mol. The van der Waals surface area contributed by atoms with E-state index in [9.17, 15) is 4.79 Å². The van der Waals surface area contributed by atoms with Crippen LogP contribution in [0.4, 0.5) is 5.69 Å². The number of hydrogen-bond donors (Lipinski definition) is 0. The lowest BCUT2D eigenvalue weighted by atomic mass is 10.3. The molecule has 0 unspecified atom stereocenters. The minimum absolute atomic E-state index is 0.154. The van der Waals surface area contributed by atoms with Crippen molar-refractivity contribution in [2.45, 2.75) is 6.54 Å². The Bertz CT molecular complexity index is 683. The van der Waals surface area contributed by atoms with E-state index in [0.717, 1.165) is 24.3 Å². The summed E-state index contributed by atoms with van der Waals surface area (Å²) in [5.41, 5.74) is 1.45. The van der Waals surface area contributed by atoms with Gasteiger partial charge in [0.25, 0.3) is 5.56 Å². The van der Waals surface area contributed by atoms with Crippen LogP contribution in [0.2, 0.25) is 5.15 Å². The zero-order valence-corrected chi connectivity index (χ0v) is 12.2. The van der Waals surface area contributed by atoms with Crippen LogP contribution >= 0.6 is 11.6 Å². The van der Waals surface area contributed by atoms with Gasteiger partial charge in [-0.3, -0.25) is 4.79 Å². The Hall–Kier alpha value is -1.92. The fraction of sp³-hybridized carbons (Fsp3) is 0.357. The van der Waals surface area contributed by atoms with E-state index in [1.54, 1.807) is 24.5 Å². The Morgan fingerprint density at radius 1 is 1.33 bits per heavy atom. The third-order valence-electron chi connectivity index (χ3n) is 3.39. The van der Waals surface area contributed by atoms with Gasteiger partial charge in [0.1, 0.15) is 5.15 Å². The molecule has 0 saturated carbocycles. The molecule has 6 nitrogen and oxygen atoms in total. The van der Waals surface area contributed by atoms with Gasteiger partial charge in [-0.05, 0) is 6.07 Å². The van der Waals surface area contributed by atoms with Gasteiger partial charge >= 0.3 is 0 Å². The number of nitrogens with zero attached hydrogens (tertiary/aromatic N) is 4. The van der Waals surface area contributed by atoms with Crippen LogP contribution < -0.4 is 10.5 Å². The van der Waals surface area contributed by atoms with E-state index in [0.29, 0.717) is 24.9 Å². The molecule has 0 aliphatic carbocycles. The van der Waals surface area contributed by atoms with Crippen LogP contribution in [0.25, 0.3) is 0 Å². The van der Waals surface area contributed by atoms with Crippen LogP contribution in [0.1, 0.15) is 5.56 Å². The first kappa shape index (κ1) is 14.0. The highest BCUT2D eigenvalue weighted by Crippen LogP contribution is 2.14. The zero-order chi connectivity index (χ0) is 14.7. The molecule has 0 bridgehead atoms. The summed E-state index contributed by atoms with van der Waals surface area (Å²) in [7, 11) is 0. The van der Waals surface area contributed by atoms with E-state index < -0.39 is 0 Å². The Morgan fingerprint density at radius 3 is 2.86 bits per heavy atom. The predicted octanol–water partition coefficient (Wildman–Crippen LogP) is 1.18.